The zero-order chi connectivity index (χ0) is 17.6. The number of halogens is 1. The molecule has 138 valence electrons. The zero-order valence-corrected chi connectivity index (χ0v) is 16.3. The van der Waals surface area contributed by atoms with Crippen molar-refractivity contribution < 1.29 is 9.21 Å². The van der Waals surface area contributed by atoms with Crippen molar-refractivity contribution in [3.8, 4) is 0 Å². The van der Waals surface area contributed by atoms with Crippen LogP contribution < -0.4 is 5.73 Å². The molecule has 4 nitrogen and oxygen atoms in total. The molecule has 0 aliphatic carbocycles. The molecule has 3 rings (SSSR count). The van der Waals surface area contributed by atoms with Crippen molar-refractivity contribution >= 4 is 29.7 Å². The van der Waals surface area contributed by atoms with Crippen LogP contribution in [-0.4, -0.2) is 17.4 Å². The second-order valence-corrected chi connectivity index (χ2v) is 7.35. The first-order valence-electron chi connectivity index (χ1n) is 8.31. The summed E-state index contributed by atoms with van der Waals surface area (Å²) in [6.07, 6.45) is 2.32. The number of rotatable bonds is 7. The standard InChI is InChI=1S/C20H22N2O2S.ClH/c1-15-7-8-19(25-15)13-22(10-9-16-5-3-2-4-6-16)20(23)17-11-18(12-21)24-14-17;/h2-8,11,14H,9-10,12-13,21H2,1H3;1H. The van der Waals surface area contributed by atoms with E-state index in [0.717, 1.165) is 6.42 Å². The fraction of sp³-hybridized carbons (Fsp3) is 0.250. The number of nitrogens with two attached hydrogens (primary N) is 1. The van der Waals surface area contributed by atoms with Crippen LogP contribution in [0.15, 0.2) is 59.2 Å². The fourth-order valence-corrected chi connectivity index (χ4v) is 3.61. The minimum atomic E-state index is -0.0227. The van der Waals surface area contributed by atoms with Crippen LogP contribution in [0, 0.1) is 6.92 Å². The topological polar surface area (TPSA) is 59.5 Å². The van der Waals surface area contributed by atoms with E-state index in [1.165, 1.54) is 21.6 Å². The highest BCUT2D eigenvalue weighted by Crippen LogP contribution is 2.19. The number of benzene rings is 1. The van der Waals surface area contributed by atoms with Gasteiger partial charge in [-0.1, -0.05) is 30.3 Å². The van der Waals surface area contributed by atoms with Crippen molar-refractivity contribution in [1.29, 1.82) is 0 Å². The van der Waals surface area contributed by atoms with Gasteiger partial charge in [0.05, 0.1) is 18.7 Å². The number of hydrogen-bond acceptors (Lipinski definition) is 4. The van der Waals surface area contributed by atoms with Crippen molar-refractivity contribution in [3.05, 3.63) is 81.4 Å². The second-order valence-electron chi connectivity index (χ2n) is 5.98. The molecule has 0 unspecified atom stereocenters. The molecule has 1 aromatic carbocycles. The monoisotopic (exact) mass is 390 g/mol. The Labute approximate surface area is 164 Å². The number of aryl methyl sites for hydroxylation is 1. The van der Waals surface area contributed by atoms with Crippen molar-refractivity contribution in [2.24, 2.45) is 5.73 Å². The fourth-order valence-electron chi connectivity index (χ4n) is 2.70. The molecular weight excluding hydrogens is 368 g/mol. The van der Waals surface area contributed by atoms with Crippen LogP contribution >= 0.6 is 23.7 Å². The number of amides is 1. The molecular formula is C20H23ClN2O2S. The molecule has 0 radical (unpaired) electrons. The van der Waals surface area contributed by atoms with Crippen molar-refractivity contribution in [2.75, 3.05) is 6.54 Å². The van der Waals surface area contributed by atoms with E-state index < -0.39 is 0 Å². The Balaban J connectivity index is 0.00000243. The summed E-state index contributed by atoms with van der Waals surface area (Å²) >= 11 is 1.72. The van der Waals surface area contributed by atoms with E-state index in [-0.39, 0.29) is 18.3 Å². The van der Waals surface area contributed by atoms with E-state index in [9.17, 15) is 4.79 Å². The van der Waals surface area contributed by atoms with Gasteiger partial charge in [-0.25, -0.2) is 0 Å². The smallest absolute Gasteiger partial charge is 0.257 e. The molecule has 0 saturated heterocycles. The van der Waals surface area contributed by atoms with Gasteiger partial charge in [0.2, 0.25) is 0 Å². The maximum absolute atomic E-state index is 12.9. The first-order chi connectivity index (χ1) is 12.2. The number of carbonyl (C=O) groups excluding carboxylic acids is 1. The van der Waals surface area contributed by atoms with E-state index in [2.05, 4.69) is 31.2 Å². The molecule has 2 N–H and O–H groups in total. The molecule has 1 amide bonds. The molecule has 2 aromatic heterocycles. The Morgan fingerprint density at radius 2 is 1.96 bits per heavy atom. The summed E-state index contributed by atoms with van der Waals surface area (Å²) in [4.78, 5) is 17.2. The SMILES string of the molecule is Cc1ccc(CN(CCc2ccccc2)C(=O)c2coc(CN)c2)s1.Cl. The minimum absolute atomic E-state index is 0. The Morgan fingerprint density at radius 3 is 2.58 bits per heavy atom. The Morgan fingerprint density at radius 1 is 1.19 bits per heavy atom. The van der Waals surface area contributed by atoms with Crippen molar-refractivity contribution in [1.82, 2.24) is 4.90 Å². The molecule has 0 fully saturated rings. The van der Waals surface area contributed by atoms with Crippen LogP contribution in [0.4, 0.5) is 0 Å². The number of hydrogen-bond donors (Lipinski definition) is 1. The lowest BCUT2D eigenvalue weighted by molar-refractivity contribution is 0.0746. The van der Waals surface area contributed by atoms with Gasteiger partial charge in [0.15, 0.2) is 0 Å². The van der Waals surface area contributed by atoms with Crippen molar-refractivity contribution in [2.45, 2.75) is 26.4 Å². The average Bonchev–Trinajstić information content (AvgIpc) is 3.27. The molecule has 0 bridgehead atoms. The Hall–Kier alpha value is -2.08. The summed E-state index contributed by atoms with van der Waals surface area (Å²) in [6, 6.07) is 16.1. The summed E-state index contributed by atoms with van der Waals surface area (Å²) in [5.41, 5.74) is 7.36. The first-order valence-corrected chi connectivity index (χ1v) is 9.13. The largest absolute Gasteiger partial charge is 0.467 e. The van der Waals surface area contributed by atoms with Gasteiger partial charge in [-0.15, -0.1) is 23.7 Å². The summed E-state index contributed by atoms with van der Waals surface area (Å²) in [6.45, 7) is 3.63. The molecule has 0 aliphatic heterocycles. The van der Waals surface area contributed by atoms with Gasteiger partial charge in [0, 0.05) is 16.3 Å². The third-order valence-corrected chi connectivity index (χ3v) is 5.03. The lowest BCUT2D eigenvalue weighted by Crippen LogP contribution is -2.32. The summed E-state index contributed by atoms with van der Waals surface area (Å²) < 4.78 is 5.33. The van der Waals surface area contributed by atoms with Gasteiger partial charge >= 0.3 is 0 Å². The first kappa shape index (κ1) is 20.2. The number of nitrogens with zero attached hydrogens (tertiary/aromatic N) is 1. The maximum Gasteiger partial charge on any atom is 0.257 e. The Kier molecular flexibility index (Phi) is 7.45. The normalized spacial score (nSPS) is 10.4. The molecule has 0 aliphatic rings. The summed E-state index contributed by atoms with van der Waals surface area (Å²) in [7, 11) is 0. The molecule has 2 heterocycles. The quantitative estimate of drug-likeness (QED) is 0.649. The van der Waals surface area contributed by atoms with Gasteiger partial charge in [0.1, 0.15) is 12.0 Å². The van der Waals surface area contributed by atoms with Crippen LogP contribution in [-0.2, 0) is 19.5 Å². The lowest BCUT2D eigenvalue weighted by atomic mass is 10.1. The lowest BCUT2D eigenvalue weighted by Gasteiger charge is -2.21. The highest BCUT2D eigenvalue weighted by atomic mass is 35.5. The number of thiophene rings is 1. The maximum atomic E-state index is 12.9. The van der Waals surface area contributed by atoms with E-state index in [1.54, 1.807) is 17.4 Å². The average molecular weight is 391 g/mol. The predicted octanol–water partition coefficient (Wildman–Crippen LogP) is 4.42. The van der Waals surface area contributed by atoms with Crippen LogP contribution in [0.1, 0.15) is 31.4 Å². The van der Waals surface area contributed by atoms with Crippen LogP contribution in [0.25, 0.3) is 0 Å². The third kappa shape index (κ3) is 5.21. The van der Waals surface area contributed by atoms with E-state index >= 15 is 0 Å². The highest BCUT2D eigenvalue weighted by Gasteiger charge is 2.19. The van der Waals surface area contributed by atoms with Gasteiger partial charge < -0.3 is 15.1 Å². The molecule has 6 heteroatoms. The third-order valence-electron chi connectivity index (χ3n) is 4.05. The summed E-state index contributed by atoms with van der Waals surface area (Å²) in [5.74, 6) is 0.601. The van der Waals surface area contributed by atoms with Crippen LogP contribution in [0.3, 0.4) is 0 Å². The summed E-state index contributed by atoms with van der Waals surface area (Å²) in [5, 5.41) is 0. The minimum Gasteiger partial charge on any atom is -0.467 e. The van der Waals surface area contributed by atoms with Gasteiger partial charge in [-0.2, -0.15) is 0 Å². The molecule has 0 saturated carbocycles. The van der Waals surface area contributed by atoms with Crippen molar-refractivity contribution in [3.63, 3.8) is 0 Å². The second kappa shape index (κ2) is 9.57. The molecule has 26 heavy (non-hydrogen) atoms. The van der Waals surface area contributed by atoms with Gasteiger partial charge in [-0.05, 0) is 37.1 Å². The molecule has 0 atom stereocenters. The van der Waals surface area contributed by atoms with E-state index in [0.29, 0.717) is 31.0 Å². The van der Waals surface area contributed by atoms with Crippen LogP contribution in [0.5, 0.6) is 0 Å². The molecule has 3 aromatic rings. The number of furan rings is 1. The number of carbonyl (C=O) groups is 1. The predicted molar refractivity (Wildman–Crippen MR) is 108 cm³/mol. The van der Waals surface area contributed by atoms with Gasteiger partial charge in [0.25, 0.3) is 5.91 Å². The van der Waals surface area contributed by atoms with Crippen LogP contribution in [0.2, 0.25) is 0 Å². The zero-order valence-electron chi connectivity index (χ0n) is 14.7. The highest BCUT2D eigenvalue weighted by molar-refractivity contribution is 7.11. The Bertz CT molecular complexity index is 829. The van der Waals surface area contributed by atoms with E-state index in [1.807, 2.05) is 23.1 Å². The molecule has 0 spiro atoms. The van der Waals surface area contributed by atoms with Gasteiger partial charge in [-0.3, -0.25) is 4.79 Å². The van der Waals surface area contributed by atoms with E-state index in [4.69, 9.17) is 10.2 Å².